The molecular formula is C25H30F3N5O2. The molecule has 0 spiro atoms. The number of benzene rings is 1. The van der Waals surface area contributed by atoms with Gasteiger partial charge in [0.2, 0.25) is 11.8 Å². The Labute approximate surface area is 202 Å². The van der Waals surface area contributed by atoms with Gasteiger partial charge in [-0.3, -0.25) is 19.5 Å². The van der Waals surface area contributed by atoms with Gasteiger partial charge in [0.15, 0.2) is 6.04 Å². The molecule has 1 aliphatic carbocycles. The lowest BCUT2D eigenvalue weighted by Crippen LogP contribution is -2.59. The maximum Gasteiger partial charge on any atom is 0.414 e. The lowest BCUT2D eigenvalue weighted by Gasteiger charge is -2.37. The molecule has 2 aromatic rings. The highest BCUT2D eigenvalue weighted by Gasteiger charge is 2.48. The normalized spacial score (nSPS) is 22.8. The first kappa shape index (κ1) is 25.0. The monoisotopic (exact) mass is 489 g/mol. The first-order chi connectivity index (χ1) is 16.4. The van der Waals surface area contributed by atoms with Gasteiger partial charge in [-0.1, -0.05) is 38.1 Å². The number of fused-ring (bicyclic) bond motifs is 1. The zero-order valence-electron chi connectivity index (χ0n) is 20.2. The zero-order chi connectivity index (χ0) is 25.5. The maximum absolute atomic E-state index is 14.1. The second-order valence-corrected chi connectivity index (χ2v) is 9.88. The van der Waals surface area contributed by atoms with Crippen LogP contribution in [0.4, 0.5) is 18.9 Å². The van der Waals surface area contributed by atoms with E-state index in [1.165, 1.54) is 28.3 Å². The van der Waals surface area contributed by atoms with Crippen molar-refractivity contribution in [2.24, 2.45) is 0 Å². The molecule has 188 valence electrons. The van der Waals surface area contributed by atoms with E-state index in [-0.39, 0.29) is 36.1 Å². The molecule has 2 amide bonds. The van der Waals surface area contributed by atoms with E-state index in [4.69, 9.17) is 0 Å². The van der Waals surface area contributed by atoms with E-state index in [2.05, 4.69) is 41.6 Å². The molecule has 1 aromatic heterocycles. The van der Waals surface area contributed by atoms with Crippen LogP contribution in [0.2, 0.25) is 0 Å². The molecule has 1 fully saturated rings. The third-order valence-electron chi connectivity index (χ3n) is 7.16. The number of halogens is 3. The Balaban J connectivity index is 1.52. The quantitative estimate of drug-likeness (QED) is 0.676. The summed E-state index contributed by atoms with van der Waals surface area (Å²) in [6, 6.07) is 8.07. The molecule has 2 aliphatic rings. The zero-order valence-corrected chi connectivity index (χ0v) is 20.2. The first-order valence-corrected chi connectivity index (χ1v) is 11.5. The molecule has 1 saturated heterocycles. The molecule has 1 aliphatic heterocycles. The maximum atomic E-state index is 14.1. The van der Waals surface area contributed by atoms with Crippen molar-refractivity contribution in [2.45, 2.75) is 50.0 Å². The number of piperazine rings is 1. The smallest absolute Gasteiger partial charge is 0.380 e. The molecule has 10 heteroatoms. The topological polar surface area (TPSA) is 77.6 Å². The minimum Gasteiger partial charge on any atom is -0.380 e. The van der Waals surface area contributed by atoms with Crippen molar-refractivity contribution in [1.82, 2.24) is 20.1 Å². The van der Waals surface area contributed by atoms with Gasteiger partial charge >= 0.3 is 6.18 Å². The number of hydrogen-bond acceptors (Lipinski definition) is 5. The van der Waals surface area contributed by atoms with Crippen LogP contribution in [0.25, 0.3) is 0 Å². The number of rotatable bonds is 5. The van der Waals surface area contributed by atoms with Crippen LogP contribution in [0.1, 0.15) is 36.7 Å². The van der Waals surface area contributed by atoms with Crippen molar-refractivity contribution in [3.63, 3.8) is 0 Å². The van der Waals surface area contributed by atoms with Crippen LogP contribution in [0, 0.1) is 0 Å². The number of amides is 2. The largest absolute Gasteiger partial charge is 0.414 e. The summed E-state index contributed by atoms with van der Waals surface area (Å²) in [5.41, 5.74) is 2.70. The minimum absolute atomic E-state index is 0.0427. The number of nitrogens with one attached hydrogen (secondary N) is 2. The van der Waals surface area contributed by atoms with Crippen LogP contribution in [0.3, 0.4) is 0 Å². The Morgan fingerprint density at radius 1 is 1.26 bits per heavy atom. The van der Waals surface area contributed by atoms with E-state index in [1.807, 2.05) is 12.1 Å². The van der Waals surface area contributed by atoms with Crippen LogP contribution < -0.4 is 10.6 Å². The van der Waals surface area contributed by atoms with E-state index >= 15 is 0 Å². The van der Waals surface area contributed by atoms with Gasteiger partial charge in [-0.15, -0.1) is 0 Å². The summed E-state index contributed by atoms with van der Waals surface area (Å²) in [6.45, 7) is 4.19. The fourth-order valence-electron chi connectivity index (χ4n) is 5.06. The summed E-state index contributed by atoms with van der Waals surface area (Å²) in [5.74, 6) is -1.01. The molecule has 3 atom stereocenters. The van der Waals surface area contributed by atoms with Gasteiger partial charge in [-0.2, -0.15) is 13.2 Å². The first-order valence-electron chi connectivity index (χ1n) is 11.5. The van der Waals surface area contributed by atoms with E-state index in [9.17, 15) is 22.8 Å². The van der Waals surface area contributed by atoms with Crippen LogP contribution in [-0.4, -0.2) is 72.0 Å². The number of likely N-dealkylation sites (N-methyl/N-ethyl adjacent to an activating group) is 2. The van der Waals surface area contributed by atoms with Crippen molar-refractivity contribution in [1.29, 1.82) is 0 Å². The molecule has 0 bridgehead atoms. The third kappa shape index (κ3) is 4.84. The van der Waals surface area contributed by atoms with Gasteiger partial charge in [-0.05, 0) is 36.7 Å². The summed E-state index contributed by atoms with van der Waals surface area (Å²) < 4.78 is 42.3. The molecule has 2 heterocycles. The van der Waals surface area contributed by atoms with E-state index in [0.717, 1.165) is 13.5 Å². The SMILES string of the molecule is CN1CC(=O)NCC1C(=O)N(C)C(c1ccc(N[C@@H]2Cc3ccccc3C2(C)C)cn1)C(F)(F)F. The van der Waals surface area contributed by atoms with E-state index < -0.39 is 24.2 Å². The van der Waals surface area contributed by atoms with Gasteiger partial charge in [0.25, 0.3) is 0 Å². The molecule has 7 nitrogen and oxygen atoms in total. The number of anilines is 1. The Morgan fingerprint density at radius 3 is 2.57 bits per heavy atom. The van der Waals surface area contributed by atoms with Crippen molar-refractivity contribution in [2.75, 3.05) is 32.5 Å². The van der Waals surface area contributed by atoms with Crippen molar-refractivity contribution < 1.29 is 22.8 Å². The third-order valence-corrected chi connectivity index (χ3v) is 7.16. The summed E-state index contributed by atoms with van der Waals surface area (Å²) in [6.07, 6.45) is -2.53. The number of carbonyl (C=O) groups is 2. The number of carbonyl (C=O) groups excluding carboxylic acids is 2. The summed E-state index contributed by atoms with van der Waals surface area (Å²) in [4.78, 5) is 30.7. The van der Waals surface area contributed by atoms with Gasteiger partial charge < -0.3 is 15.5 Å². The van der Waals surface area contributed by atoms with E-state index in [0.29, 0.717) is 10.6 Å². The highest BCUT2D eigenvalue weighted by atomic mass is 19.4. The summed E-state index contributed by atoms with van der Waals surface area (Å²) in [5, 5.41) is 5.96. The van der Waals surface area contributed by atoms with Crippen molar-refractivity contribution >= 4 is 17.5 Å². The lowest BCUT2D eigenvalue weighted by atomic mass is 9.83. The van der Waals surface area contributed by atoms with Gasteiger partial charge in [0, 0.05) is 25.0 Å². The predicted octanol–water partition coefficient (Wildman–Crippen LogP) is 2.89. The average Bonchev–Trinajstić information content (AvgIpc) is 3.03. The standard InChI is InChI=1S/C25H30F3N5O2/c1-24(2)17-8-6-5-7-15(17)11-20(24)31-16-9-10-18(29-12-16)22(25(26,27)28)33(4)23(35)19-13-30-21(34)14-32(19)3/h5-10,12,19-20,22,31H,11,13-14H2,1-4H3,(H,30,34)/t19?,20-,22?/m1/s1. The second kappa shape index (κ2) is 9.14. The van der Waals surface area contributed by atoms with Gasteiger partial charge in [0.05, 0.1) is 24.1 Å². The Bertz CT molecular complexity index is 1100. The predicted molar refractivity (Wildman–Crippen MR) is 126 cm³/mol. The highest BCUT2D eigenvalue weighted by Crippen LogP contribution is 2.40. The Hall–Kier alpha value is -3.14. The Morgan fingerprint density at radius 2 is 1.97 bits per heavy atom. The second-order valence-electron chi connectivity index (χ2n) is 9.88. The molecule has 35 heavy (non-hydrogen) atoms. The van der Waals surface area contributed by atoms with Crippen molar-refractivity contribution in [3.8, 4) is 0 Å². The van der Waals surface area contributed by atoms with Crippen LogP contribution in [0.15, 0.2) is 42.6 Å². The molecule has 4 rings (SSSR count). The van der Waals surface area contributed by atoms with Crippen LogP contribution in [-0.2, 0) is 21.4 Å². The highest BCUT2D eigenvalue weighted by molar-refractivity contribution is 5.87. The minimum atomic E-state index is -4.72. The molecule has 2 N–H and O–H groups in total. The molecular weight excluding hydrogens is 459 g/mol. The van der Waals surface area contributed by atoms with Crippen LogP contribution >= 0.6 is 0 Å². The fraction of sp³-hybridized carbons (Fsp3) is 0.480. The van der Waals surface area contributed by atoms with E-state index in [1.54, 1.807) is 13.1 Å². The number of alkyl halides is 3. The fourth-order valence-corrected chi connectivity index (χ4v) is 5.06. The summed E-state index contributed by atoms with van der Waals surface area (Å²) in [7, 11) is 2.66. The number of nitrogens with zero attached hydrogens (tertiary/aromatic N) is 3. The van der Waals surface area contributed by atoms with Crippen molar-refractivity contribution in [3.05, 3.63) is 59.4 Å². The lowest BCUT2D eigenvalue weighted by molar-refractivity contribution is -0.191. The molecule has 0 radical (unpaired) electrons. The summed E-state index contributed by atoms with van der Waals surface area (Å²) >= 11 is 0. The molecule has 0 saturated carbocycles. The molecule has 2 unspecified atom stereocenters. The number of aromatic nitrogens is 1. The number of hydrogen-bond donors (Lipinski definition) is 2. The molecule has 1 aromatic carbocycles. The van der Waals surface area contributed by atoms with Gasteiger partial charge in [0.1, 0.15) is 6.04 Å². The van der Waals surface area contributed by atoms with Crippen LogP contribution in [0.5, 0.6) is 0 Å². The average molecular weight is 490 g/mol. The Kier molecular flexibility index (Phi) is 6.52. The number of pyridine rings is 1. The van der Waals surface area contributed by atoms with Gasteiger partial charge in [-0.25, -0.2) is 0 Å².